The maximum atomic E-state index is 13.5. The molecule has 0 unspecified atom stereocenters. The number of hydrogen-bond acceptors (Lipinski definition) is 4. The first kappa shape index (κ1) is 30.7. The summed E-state index contributed by atoms with van der Waals surface area (Å²) in [6.45, 7) is 4.93. The highest BCUT2D eigenvalue weighted by Gasteiger charge is 2.47. The average Bonchev–Trinajstić information content (AvgIpc) is 3.68. The number of amides is 2. The molecule has 1 heterocycles. The molecule has 214 valence electrons. The molecule has 2 fully saturated rings. The second-order valence-corrected chi connectivity index (χ2v) is 11.1. The smallest absolute Gasteiger partial charge is 0.351 e. The third-order valence-electron chi connectivity index (χ3n) is 5.89. The highest BCUT2D eigenvalue weighted by molar-refractivity contribution is 7.87. The Kier molecular flexibility index (Phi) is 9.25. The summed E-state index contributed by atoms with van der Waals surface area (Å²) in [7, 11) is -4.05. The Morgan fingerprint density at radius 3 is 2.46 bits per heavy atom. The lowest BCUT2D eigenvalue weighted by molar-refractivity contribution is -0.137. The number of carbonyl (C=O) groups is 2. The monoisotopic (exact) mass is 596 g/mol. The van der Waals surface area contributed by atoms with Gasteiger partial charge in [0.05, 0.1) is 12.1 Å². The zero-order chi connectivity index (χ0) is 29.2. The van der Waals surface area contributed by atoms with E-state index in [0.29, 0.717) is 11.0 Å². The van der Waals surface area contributed by atoms with Crippen LogP contribution in [0.15, 0.2) is 59.7 Å². The van der Waals surface area contributed by atoms with E-state index in [1.165, 1.54) is 12.2 Å². The second-order valence-electron chi connectivity index (χ2n) is 8.97. The van der Waals surface area contributed by atoms with E-state index < -0.39 is 76.8 Å². The summed E-state index contributed by atoms with van der Waals surface area (Å²) in [4.78, 5) is 27.5. The number of halogens is 6. The van der Waals surface area contributed by atoms with E-state index in [1.807, 2.05) is 0 Å². The summed E-state index contributed by atoms with van der Waals surface area (Å²) in [5, 5.41) is 2.22. The van der Waals surface area contributed by atoms with Crippen molar-refractivity contribution < 1.29 is 40.0 Å². The van der Waals surface area contributed by atoms with Gasteiger partial charge in [0, 0.05) is 42.7 Å². The molecule has 0 aromatic heterocycles. The lowest BCUT2D eigenvalue weighted by Gasteiger charge is -2.38. The van der Waals surface area contributed by atoms with Crippen LogP contribution in [0.4, 0.5) is 27.6 Å². The lowest BCUT2D eigenvalue weighted by atomic mass is 9.87. The molecule has 15 heteroatoms. The molecule has 2 N–H and O–H groups in total. The van der Waals surface area contributed by atoms with Gasteiger partial charge in [0.25, 0.3) is 16.1 Å². The number of nitrogens with one attached hydrogen (secondary N) is 2. The molecule has 1 aliphatic carbocycles. The first-order valence-electron chi connectivity index (χ1n) is 11.7. The van der Waals surface area contributed by atoms with E-state index in [4.69, 9.17) is 11.6 Å². The zero-order valence-electron chi connectivity index (χ0n) is 20.6. The molecule has 3 rings (SSSR count). The van der Waals surface area contributed by atoms with E-state index in [1.54, 1.807) is 13.0 Å². The van der Waals surface area contributed by atoms with E-state index in [-0.39, 0.29) is 23.7 Å². The molecule has 1 aromatic rings. The quantitative estimate of drug-likeness (QED) is 0.231. The predicted octanol–water partition coefficient (Wildman–Crippen LogP) is 3.73. The van der Waals surface area contributed by atoms with Crippen molar-refractivity contribution in [3.8, 4) is 0 Å². The van der Waals surface area contributed by atoms with E-state index in [9.17, 15) is 40.0 Å². The molecule has 1 saturated carbocycles. The van der Waals surface area contributed by atoms with Gasteiger partial charge < -0.3 is 5.32 Å². The lowest BCUT2D eigenvalue weighted by Crippen LogP contribution is -2.58. The Morgan fingerprint density at radius 1 is 1.28 bits per heavy atom. The fraction of sp³-hybridized carbons (Fsp3) is 0.417. The fourth-order valence-corrected chi connectivity index (χ4v) is 5.00. The Hall–Kier alpha value is -2.81. The number of anilines is 1. The molecule has 1 atom stereocenters. The highest BCUT2D eigenvalue weighted by Crippen LogP contribution is 2.38. The van der Waals surface area contributed by atoms with Crippen molar-refractivity contribution in [2.45, 2.75) is 43.9 Å². The highest BCUT2D eigenvalue weighted by atomic mass is 35.5. The minimum absolute atomic E-state index is 0.151. The topological polar surface area (TPSA) is 98.6 Å². The predicted molar refractivity (Wildman–Crippen MR) is 135 cm³/mol. The van der Waals surface area contributed by atoms with Crippen LogP contribution in [0.5, 0.6) is 0 Å². The normalized spacial score (nSPS) is 18.9. The maximum absolute atomic E-state index is 13.5. The van der Waals surface area contributed by atoms with Gasteiger partial charge in [-0.25, -0.2) is 8.78 Å². The third kappa shape index (κ3) is 7.87. The number of allylic oxidation sites excluding steroid dienone is 3. The van der Waals surface area contributed by atoms with Crippen LogP contribution in [0.1, 0.15) is 25.3 Å². The van der Waals surface area contributed by atoms with Gasteiger partial charge in [-0.05, 0) is 36.8 Å². The van der Waals surface area contributed by atoms with Crippen molar-refractivity contribution in [3.63, 3.8) is 0 Å². The summed E-state index contributed by atoms with van der Waals surface area (Å²) in [5.74, 6) is -5.15. The van der Waals surface area contributed by atoms with Crippen molar-refractivity contribution in [1.82, 2.24) is 14.3 Å². The third-order valence-corrected chi connectivity index (χ3v) is 7.81. The minimum atomic E-state index is -4.82. The SMILES string of the molecule is C=C(/C(Cl)=C\C=C/C)[C@@H](C(=O)NC1CC(F)(F)C1)N(C(=O)CNS(=O)(=O)N1CC1)c1cccc(C(F)(F)F)c1. The molecule has 1 aromatic carbocycles. The number of benzene rings is 1. The molecule has 0 radical (unpaired) electrons. The summed E-state index contributed by atoms with van der Waals surface area (Å²) >= 11 is 6.29. The molecule has 2 amide bonds. The Labute approximate surface area is 227 Å². The van der Waals surface area contributed by atoms with E-state index >= 15 is 0 Å². The zero-order valence-corrected chi connectivity index (χ0v) is 22.2. The summed E-state index contributed by atoms with van der Waals surface area (Å²) in [6, 6.07) is 0.677. The van der Waals surface area contributed by atoms with Crippen LogP contribution in [0.2, 0.25) is 0 Å². The summed E-state index contributed by atoms with van der Waals surface area (Å²) in [5.41, 5.74) is -1.81. The second kappa shape index (κ2) is 11.7. The number of nitrogens with zero attached hydrogens (tertiary/aromatic N) is 2. The first-order valence-corrected chi connectivity index (χ1v) is 13.5. The largest absolute Gasteiger partial charge is 0.416 e. The Balaban J connectivity index is 2.06. The van der Waals surface area contributed by atoms with Gasteiger partial charge in [-0.15, -0.1) is 0 Å². The molecule has 0 bridgehead atoms. The van der Waals surface area contributed by atoms with Crippen molar-refractivity contribution >= 4 is 39.3 Å². The van der Waals surface area contributed by atoms with Crippen molar-refractivity contribution in [2.24, 2.45) is 0 Å². The van der Waals surface area contributed by atoms with Crippen LogP contribution in [0.25, 0.3) is 0 Å². The molecule has 0 spiro atoms. The van der Waals surface area contributed by atoms with Gasteiger partial charge in [-0.3, -0.25) is 14.5 Å². The van der Waals surface area contributed by atoms with Crippen LogP contribution in [-0.2, 0) is 26.0 Å². The molecule has 2 aliphatic rings. The first-order chi connectivity index (χ1) is 18.1. The van der Waals surface area contributed by atoms with Crippen LogP contribution in [0.3, 0.4) is 0 Å². The standard InChI is InChI=1S/C24H26ClF5N4O4S/c1-3-4-8-19(25)15(2)21(22(36)32-17-12-23(26,27)13-17)34(18-7-5-6-16(11-18)24(28,29)30)20(35)14-31-39(37,38)33-9-10-33/h3-8,11,17,21,31H,2,9-10,12-14H2,1H3,(H,32,36)/b4-3-,19-8+/t21-/m0/s1. The van der Waals surface area contributed by atoms with Gasteiger partial charge in [0.2, 0.25) is 11.8 Å². The number of hydrogen-bond donors (Lipinski definition) is 2. The average molecular weight is 597 g/mol. The molecule has 8 nitrogen and oxygen atoms in total. The maximum Gasteiger partial charge on any atom is 0.416 e. The fourth-order valence-electron chi connectivity index (χ4n) is 3.77. The molecular formula is C24H26ClF5N4O4S. The Morgan fingerprint density at radius 2 is 1.92 bits per heavy atom. The minimum Gasteiger partial charge on any atom is -0.351 e. The molecule has 39 heavy (non-hydrogen) atoms. The van der Waals surface area contributed by atoms with Crippen molar-refractivity contribution in [1.29, 1.82) is 0 Å². The van der Waals surface area contributed by atoms with E-state index in [0.717, 1.165) is 22.5 Å². The van der Waals surface area contributed by atoms with Gasteiger partial charge in [-0.2, -0.15) is 30.6 Å². The van der Waals surface area contributed by atoms with Crippen LogP contribution < -0.4 is 14.9 Å². The number of alkyl halides is 5. The van der Waals surface area contributed by atoms with Crippen LogP contribution in [-0.4, -0.2) is 62.2 Å². The van der Waals surface area contributed by atoms with Gasteiger partial charge in [0.1, 0.15) is 6.04 Å². The summed E-state index contributed by atoms with van der Waals surface area (Å²) < 4.78 is 94.9. The Bertz CT molecular complexity index is 1290. The number of rotatable bonds is 11. The van der Waals surface area contributed by atoms with Gasteiger partial charge >= 0.3 is 6.18 Å². The molecule has 1 aliphatic heterocycles. The van der Waals surface area contributed by atoms with Gasteiger partial charge in [0.15, 0.2) is 0 Å². The number of carbonyl (C=O) groups excluding carboxylic acids is 2. The van der Waals surface area contributed by atoms with Crippen molar-refractivity contribution in [3.05, 3.63) is 65.2 Å². The molecule has 1 saturated heterocycles. The van der Waals surface area contributed by atoms with E-state index in [2.05, 4.69) is 16.6 Å². The van der Waals surface area contributed by atoms with Crippen LogP contribution >= 0.6 is 11.6 Å². The van der Waals surface area contributed by atoms with Gasteiger partial charge in [-0.1, -0.05) is 36.4 Å². The summed E-state index contributed by atoms with van der Waals surface area (Å²) in [6.07, 6.45) is -1.79. The van der Waals surface area contributed by atoms with Crippen LogP contribution in [0, 0.1) is 0 Å². The molecular weight excluding hydrogens is 571 g/mol. The van der Waals surface area contributed by atoms with Crippen molar-refractivity contribution in [2.75, 3.05) is 24.5 Å².